The second-order valence-corrected chi connectivity index (χ2v) is 8.87. The first-order valence-electron chi connectivity index (χ1n) is 11.4. The number of carbonyl (C=O) groups excluding carboxylic acids is 4. The van der Waals surface area contributed by atoms with Crippen molar-refractivity contribution in [3.05, 3.63) is 65.5 Å². The van der Waals surface area contributed by atoms with Crippen molar-refractivity contribution in [2.45, 2.75) is 44.7 Å². The molecule has 2 aliphatic heterocycles. The number of carbonyl (C=O) groups is 4. The fourth-order valence-electron chi connectivity index (χ4n) is 5.26. The summed E-state index contributed by atoms with van der Waals surface area (Å²) in [5.74, 6) is -4.33. The van der Waals surface area contributed by atoms with Gasteiger partial charge in [-0.2, -0.15) is 0 Å². The maximum absolute atomic E-state index is 14.1. The van der Waals surface area contributed by atoms with Gasteiger partial charge in [0.1, 0.15) is 11.4 Å². The Morgan fingerprint density at radius 1 is 1.12 bits per heavy atom. The van der Waals surface area contributed by atoms with Crippen LogP contribution >= 0.6 is 0 Å². The summed E-state index contributed by atoms with van der Waals surface area (Å²) >= 11 is 0. The largest absolute Gasteiger partial charge is 0.468 e. The van der Waals surface area contributed by atoms with E-state index in [9.17, 15) is 23.6 Å². The molecule has 2 aromatic carbocycles. The van der Waals surface area contributed by atoms with Gasteiger partial charge in [0.05, 0.1) is 24.6 Å². The number of methoxy groups -OCH3 is 1. The molecule has 34 heavy (non-hydrogen) atoms. The number of rotatable bonds is 7. The summed E-state index contributed by atoms with van der Waals surface area (Å²) < 4.78 is 19.2. The van der Waals surface area contributed by atoms with E-state index in [1.54, 1.807) is 24.3 Å². The molecule has 0 aromatic heterocycles. The lowest BCUT2D eigenvalue weighted by molar-refractivity contribution is -0.152. The van der Waals surface area contributed by atoms with Crippen molar-refractivity contribution in [3.63, 3.8) is 0 Å². The molecule has 2 heterocycles. The summed E-state index contributed by atoms with van der Waals surface area (Å²) in [6, 6.07) is 11.3. The van der Waals surface area contributed by atoms with E-state index in [-0.39, 0.29) is 17.9 Å². The first kappa shape index (κ1) is 23.8. The fraction of sp³-hybridized carbons (Fsp3) is 0.385. The molecule has 7 nitrogen and oxygen atoms in total. The zero-order chi connectivity index (χ0) is 24.6. The summed E-state index contributed by atoms with van der Waals surface area (Å²) in [4.78, 5) is 53.7. The molecule has 0 spiro atoms. The minimum Gasteiger partial charge on any atom is -0.468 e. The van der Waals surface area contributed by atoms with Crippen LogP contribution in [-0.4, -0.2) is 36.2 Å². The highest BCUT2D eigenvalue weighted by atomic mass is 19.1. The first-order valence-corrected chi connectivity index (χ1v) is 11.4. The molecule has 4 atom stereocenters. The number of esters is 1. The van der Waals surface area contributed by atoms with E-state index >= 15 is 0 Å². The lowest BCUT2D eigenvalue weighted by Gasteiger charge is -2.32. The number of nitrogens with zero attached hydrogens (tertiary/aromatic N) is 1. The van der Waals surface area contributed by atoms with Crippen LogP contribution in [0.3, 0.4) is 0 Å². The molecule has 8 heteroatoms. The van der Waals surface area contributed by atoms with Gasteiger partial charge in [-0.25, -0.2) is 9.29 Å². The Morgan fingerprint density at radius 3 is 2.50 bits per heavy atom. The maximum Gasteiger partial charge on any atom is 0.326 e. The summed E-state index contributed by atoms with van der Waals surface area (Å²) in [5.41, 5.74) is -0.339. The predicted molar refractivity (Wildman–Crippen MR) is 122 cm³/mol. The monoisotopic (exact) mass is 466 g/mol. The number of benzene rings is 2. The molecular weight excluding hydrogens is 439 g/mol. The maximum atomic E-state index is 14.1. The SMILES string of the molecule is CCCC[C@]1(C(=O)OC)N[C@H](c2cccc(F)c2)[C@H]2C(=O)N(c3cccc(C(C)=O)c3)C(=O)[C@@H]21. The van der Waals surface area contributed by atoms with Crippen molar-refractivity contribution in [2.24, 2.45) is 11.8 Å². The third-order valence-corrected chi connectivity index (χ3v) is 6.85. The average molecular weight is 467 g/mol. The Morgan fingerprint density at radius 2 is 1.85 bits per heavy atom. The molecule has 178 valence electrons. The van der Waals surface area contributed by atoms with Crippen LogP contribution in [-0.2, 0) is 19.1 Å². The lowest BCUT2D eigenvalue weighted by atomic mass is 9.76. The molecule has 1 N–H and O–H groups in total. The van der Waals surface area contributed by atoms with Crippen LogP contribution < -0.4 is 10.2 Å². The number of hydrogen-bond acceptors (Lipinski definition) is 6. The predicted octanol–water partition coefficient (Wildman–Crippen LogP) is 3.58. The van der Waals surface area contributed by atoms with Crippen molar-refractivity contribution in [3.8, 4) is 0 Å². The van der Waals surface area contributed by atoms with Crippen LogP contribution in [0.5, 0.6) is 0 Å². The third-order valence-electron chi connectivity index (χ3n) is 6.85. The van der Waals surface area contributed by atoms with Gasteiger partial charge in [-0.05, 0) is 43.2 Å². The van der Waals surface area contributed by atoms with E-state index < -0.39 is 47.0 Å². The highest BCUT2D eigenvalue weighted by molar-refractivity contribution is 6.24. The number of anilines is 1. The number of Topliss-reactive ketones (excluding diaryl/α,β-unsaturated/α-hetero) is 1. The molecule has 0 aliphatic carbocycles. The molecule has 2 aliphatic rings. The minimum atomic E-state index is -1.44. The Balaban J connectivity index is 1.87. The highest BCUT2D eigenvalue weighted by Crippen LogP contribution is 2.51. The number of imide groups is 1. The van der Waals surface area contributed by atoms with Crippen LogP contribution in [0.4, 0.5) is 10.1 Å². The number of fused-ring (bicyclic) bond motifs is 1. The normalized spacial score (nSPS) is 26.0. The lowest BCUT2D eigenvalue weighted by Crippen LogP contribution is -2.56. The van der Waals surface area contributed by atoms with Gasteiger partial charge in [0.25, 0.3) is 0 Å². The molecule has 0 bridgehead atoms. The van der Waals surface area contributed by atoms with Crippen LogP contribution in [0.15, 0.2) is 48.5 Å². The number of ether oxygens (including phenoxy) is 1. The van der Waals surface area contributed by atoms with E-state index in [0.717, 1.165) is 11.3 Å². The molecule has 2 amide bonds. The van der Waals surface area contributed by atoms with Crippen LogP contribution in [0.2, 0.25) is 0 Å². The Bertz CT molecular complexity index is 1170. The first-order chi connectivity index (χ1) is 16.2. The summed E-state index contributed by atoms with van der Waals surface area (Å²) in [7, 11) is 1.25. The molecule has 2 aromatic rings. The van der Waals surface area contributed by atoms with Crippen molar-refractivity contribution in [1.29, 1.82) is 0 Å². The van der Waals surface area contributed by atoms with Gasteiger partial charge < -0.3 is 4.74 Å². The smallest absolute Gasteiger partial charge is 0.326 e. The molecule has 2 saturated heterocycles. The van der Waals surface area contributed by atoms with Gasteiger partial charge in [0, 0.05) is 11.6 Å². The average Bonchev–Trinajstić information content (AvgIpc) is 3.31. The number of nitrogens with one attached hydrogen (secondary N) is 1. The zero-order valence-electron chi connectivity index (χ0n) is 19.3. The number of halogens is 1. The van der Waals surface area contributed by atoms with Crippen molar-refractivity contribution >= 4 is 29.3 Å². The van der Waals surface area contributed by atoms with Crippen molar-refractivity contribution in [2.75, 3.05) is 12.0 Å². The molecular formula is C26H27FN2O5. The van der Waals surface area contributed by atoms with E-state index in [0.29, 0.717) is 17.5 Å². The summed E-state index contributed by atoms with van der Waals surface area (Å²) in [6.45, 7) is 3.36. The van der Waals surface area contributed by atoms with E-state index in [2.05, 4.69) is 5.32 Å². The number of amides is 2. The van der Waals surface area contributed by atoms with Crippen molar-refractivity contribution < 1.29 is 28.3 Å². The van der Waals surface area contributed by atoms with Gasteiger partial charge in [0.2, 0.25) is 11.8 Å². The number of unbranched alkanes of at least 4 members (excludes halogenated alkanes) is 1. The van der Waals surface area contributed by atoms with E-state index in [4.69, 9.17) is 4.74 Å². The van der Waals surface area contributed by atoms with Crippen LogP contribution in [0.25, 0.3) is 0 Å². The second-order valence-electron chi connectivity index (χ2n) is 8.87. The summed E-state index contributed by atoms with van der Waals surface area (Å²) in [6.07, 6.45) is 1.65. The van der Waals surface area contributed by atoms with Crippen LogP contribution in [0.1, 0.15) is 55.1 Å². The van der Waals surface area contributed by atoms with Crippen LogP contribution in [0, 0.1) is 17.7 Å². The Hall–Kier alpha value is -3.39. The number of hydrogen-bond donors (Lipinski definition) is 1. The standard InChI is InChI=1S/C26H27FN2O5/c1-4-5-12-26(25(33)34-3)21-20(22(28-26)17-9-6-10-18(27)13-17)23(31)29(24(21)32)19-11-7-8-16(14-19)15(2)30/h6-11,13-14,20-22,28H,4-5,12H2,1-3H3/t20-,21+,22+,26-/m0/s1. The number of ketones is 1. The Kier molecular flexibility index (Phi) is 6.36. The Labute approximate surface area is 197 Å². The van der Waals surface area contributed by atoms with Gasteiger partial charge in [0.15, 0.2) is 5.78 Å². The highest BCUT2D eigenvalue weighted by Gasteiger charge is 2.68. The van der Waals surface area contributed by atoms with Gasteiger partial charge in [-0.15, -0.1) is 0 Å². The third kappa shape index (κ3) is 3.72. The van der Waals surface area contributed by atoms with Gasteiger partial charge >= 0.3 is 5.97 Å². The topological polar surface area (TPSA) is 92.8 Å². The molecule has 0 unspecified atom stereocenters. The minimum absolute atomic E-state index is 0.202. The van der Waals surface area contributed by atoms with Crippen molar-refractivity contribution in [1.82, 2.24) is 5.32 Å². The van der Waals surface area contributed by atoms with E-state index in [1.807, 2.05) is 6.92 Å². The molecule has 0 saturated carbocycles. The molecule has 0 radical (unpaired) electrons. The zero-order valence-corrected chi connectivity index (χ0v) is 19.3. The summed E-state index contributed by atoms with van der Waals surface area (Å²) in [5, 5.41) is 3.23. The fourth-order valence-corrected chi connectivity index (χ4v) is 5.26. The molecule has 4 rings (SSSR count). The molecule has 2 fully saturated rings. The quantitative estimate of drug-likeness (QED) is 0.381. The van der Waals surface area contributed by atoms with Gasteiger partial charge in [-0.3, -0.25) is 24.5 Å². The van der Waals surface area contributed by atoms with E-state index in [1.165, 1.54) is 38.3 Å². The van der Waals surface area contributed by atoms with Gasteiger partial charge in [-0.1, -0.05) is 44.0 Å². The second kappa shape index (κ2) is 9.10.